The maximum Gasteiger partial charge on any atom is 0.345 e. The van der Waals surface area contributed by atoms with Gasteiger partial charge in [0, 0.05) is 13.0 Å². The van der Waals surface area contributed by atoms with E-state index in [1.165, 1.54) is 17.0 Å². The summed E-state index contributed by atoms with van der Waals surface area (Å²) in [5.74, 6) is -0.979. The van der Waals surface area contributed by atoms with Crippen LogP contribution in [0, 0.1) is 11.7 Å². The number of carbonyl (C=O) groups is 2. The second-order valence-electron chi connectivity index (χ2n) is 6.44. The van der Waals surface area contributed by atoms with Crippen molar-refractivity contribution < 1.29 is 23.1 Å². The number of nitrogens with zero attached hydrogens (tertiary/aromatic N) is 1. The Morgan fingerprint density at radius 1 is 1.33 bits per heavy atom. The first kappa shape index (κ1) is 16.7. The molecule has 3 rings (SSSR count). The lowest BCUT2D eigenvalue weighted by atomic mass is 10.0. The zero-order valence-corrected chi connectivity index (χ0v) is 13.4. The van der Waals surface area contributed by atoms with Crippen LogP contribution in [-0.2, 0) is 9.53 Å². The van der Waals surface area contributed by atoms with Crippen molar-refractivity contribution in [3.8, 4) is 0 Å². The molecule has 0 spiro atoms. The first-order chi connectivity index (χ1) is 11.4. The second-order valence-corrected chi connectivity index (χ2v) is 6.44. The smallest absolute Gasteiger partial charge is 0.345 e. The number of likely N-dealkylation sites (tertiary alicyclic amines) is 1. The Morgan fingerprint density at radius 3 is 2.58 bits per heavy atom. The average molecular weight is 338 g/mol. The number of urea groups is 1. The Morgan fingerprint density at radius 2 is 2.00 bits per heavy atom. The molecule has 1 heterocycles. The van der Waals surface area contributed by atoms with Crippen molar-refractivity contribution in [3.05, 3.63) is 35.6 Å². The third-order valence-electron chi connectivity index (χ3n) is 4.66. The van der Waals surface area contributed by atoms with Gasteiger partial charge in [0.15, 0.2) is 0 Å². The Bertz CT molecular complexity index is 633. The van der Waals surface area contributed by atoms with Crippen molar-refractivity contribution in [2.24, 2.45) is 5.92 Å². The average Bonchev–Trinajstić information content (AvgIpc) is 3.34. The number of methoxy groups -OCH3 is 1. The quantitative estimate of drug-likeness (QED) is 0.859. The van der Waals surface area contributed by atoms with E-state index in [0.29, 0.717) is 5.92 Å². The Kier molecular flexibility index (Phi) is 4.43. The lowest BCUT2D eigenvalue weighted by Crippen LogP contribution is -2.44. The molecule has 2 amide bonds. The molecule has 2 fully saturated rings. The predicted octanol–water partition coefficient (Wildman–Crippen LogP) is 2.57. The third-order valence-corrected chi connectivity index (χ3v) is 4.66. The number of esters is 1. The van der Waals surface area contributed by atoms with Gasteiger partial charge in [-0.3, -0.25) is 0 Å². The van der Waals surface area contributed by atoms with Crippen molar-refractivity contribution in [3.63, 3.8) is 0 Å². The fraction of sp³-hybridized carbons (Fsp3) is 0.529. The van der Waals surface area contributed by atoms with Crippen LogP contribution in [-0.4, -0.2) is 42.8 Å². The highest BCUT2D eigenvalue weighted by molar-refractivity contribution is 5.83. The molecule has 1 aromatic carbocycles. The van der Waals surface area contributed by atoms with Crippen LogP contribution in [0.5, 0.6) is 0 Å². The highest BCUT2D eigenvalue weighted by atomic mass is 19.1. The van der Waals surface area contributed by atoms with Gasteiger partial charge in [-0.1, -0.05) is 12.1 Å². The molecule has 1 aliphatic carbocycles. The molecule has 0 bridgehead atoms. The number of alkyl halides is 1. The Balaban J connectivity index is 1.67. The number of amides is 2. The van der Waals surface area contributed by atoms with Gasteiger partial charge < -0.3 is 15.0 Å². The number of nitrogens with one attached hydrogen (secondary N) is 1. The van der Waals surface area contributed by atoms with E-state index < -0.39 is 17.7 Å². The summed E-state index contributed by atoms with van der Waals surface area (Å²) in [5, 5.41) is 2.90. The van der Waals surface area contributed by atoms with Gasteiger partial charge in [-0.25, -0.2) is 18.4 Å². The highest BCUT2D eigenvalue weighted by Gasteiger charge is 2.48. The van der Waals surface area contributed by atoms with Gasteiger partial charge in [-0.2, -0.15) is 0 Å². The van der Waals surface area contributed by atoms with E-state index in [1.807, 2.05) is 0 Å². The van der Waals surface area contributed by atoms with Gasteiger partial charge in [-0.05, 0) is 36.5 Å². The topological polar surface area (TPSA) is 58.6 Å². The molecule has 5 nitrogen and oxygen atoms in total. The number of hydrogen-bond acceptors (Lipinski definition) is 3. The molecule has 24 heavy (non-hydrogen) atoms. The maximum atomic E-state index is 14.5. The van der Waals surface area contributed by atoms with Crippen LogP contribution < -0.4 is 5.32 Å². The lowest BCUT2D eigenvalue weighted by Gasteiger charge is -2.24. The molecule has 1 aliphatic heterocycles. The molecule has 130 valence electrons. The molecule has 7 heteroatoms. The summed E-state index contributed by atoms with van der Waals surface area (Å²) >= 11 is 0. The first-order valence-electron chi connectivity index (χ1n) is 8.01. The summed E-state index contributed by atoms with van der Waals surface area (Å²) in [7, 11) is 1.13. The van der Waals surface area contributed by atoms with Crippen molar-refractivity contribution in [2.45, 2.75) is 31.0 Å². The van der Waals surface area contributed by atoms with Gasteiger partial charge >= 0.3 is 12.0 Å². The molecule has 1 N–H and O–H groups in total. The van der Waals surface area contributed by atoms with Crippen molar-refractivity contribution in [1.29, 1.82) is 0 Å². The molecule has 1 saturated carbocycles. The Labute approximate surface area is 139 Å². The monoisotopic (exact) mass is 338 g/mol. The number of rotatable bonds is 4. The van der Waals surface area contributed by atoms with E-state index in [4.69, 9.17) is 0 Å². The molecule has 0 radical (unpaired) electrons. The van der Waals surface area contributed by atoms with Crippen LogP contribution in [0.4, 0.5) is 13.6 Å². The van der Waals surface area contributed by atoms with E-state index in [1.54, 1.807) is 12.1 Å². The summed E-state index contributed by atoms with van der Waals surface area (Å²) in [6, 6.07) is 5.37. The van der Waals surface area contributed by atoms with Gasteiger partial charge in [-0.15, -0.1) is 0 Å². The van der Waals surface area contributed by atoms with E-state index >= 15 is 0 Å². The number of carbonyl (C=O) groups excluding carboxylic acids is 2. The third kappa shape index (κ3) is 3.34. The van der Waals surface area contributed by atoms with Crippen molar-refractivity contribution in [1.82, 2.24) is 10.2 Å². The zero-order chi connectivity index (χ0) is 17.3. The molecule has 0 aromatic heterocycles. The molecule has 2 aliphatic rings. The summed E-state index contributed by atoms with van der Waals surface area (Å²) in [6.07, 6.45) is 1.90. The van der Waals surface area contributed by atoms with Gasteiger partial charge in [0.1, 0.15) is 5.82 Å². The molecular weight excluding hydrogens is 318 g/mol. The maximum absolute atomic E-state index is 14.5. The Hall–Kier alpha value is -2.18. The molecule has 1 aromatic rings. The van der Waals surface area contributed by atoms with Crippen LogP contribution in [0.15, 0.2) is 24.3 Å². The summed E-state index contributed by atoms with van der Waals surface area (Å²) in [6.45, 7) is -0.162. The van der Waals surface area contributed by atoms with Crippen LogP contribution in [0.25, 0.3) is 0 Å². The van der Waals surface area contributed by atoms with Crippen molar-refractivity contribution >= 4 is 12.0 Å². The minimum absolute atomic E-state index is 0.0717. The summed E-state index contributed by atoms with van der Waals surface area (Å²) < 4.78 is 32.0. The molecule has 0 unspecified atom stereocenters. The molecule has 1 saturated heterocycles. The van der Waals surface area contributed by atoms with Crippen LogP contribution in [0.1, 0.15) is 30.9 Å². The number of benzene rings is 1. The fourth-order valence-corrected chi connectivity index (χ4v) is 3.09. The molecule has 2 atom stereocenters. The lowest BCUT2D eigenvalue weighted by molar-refractivity contribution is -0.153. The summed E-state index contributed by atoms with van der Waals surface area (Å²) in [4.78, 5) is 25.2. The van der Waals surface area contributed by atoms with Crippen molar-refractivity contribution in [2.75, 3.05) is 20.2 Å². The highest BCUT2D eigenvalue weighted by Crippen LogP contribution is 2.41. The number of halogens is 2. The SMILES string of the molecule is COC(=O)[C@]1(F)CCN(C(=O)N[C@H](c2ccc(F)cc2)C2CC2)C1. The largest absolute Gasteiger partial charge is 0.467 e. The fourth-order valence-electron chi connectivity index (χ4n) is 3.09. The van der Waals surface area contributed by atoms with Crippen LogP contribution in [0.3, 0.4) is 0 Å². The number of hydrogen-bond donors (Lipinski definition) is 1. The van der Waals surface area contributed by atoms with Gasteiger partial charge in [0.25, 0.3) is 0 Å². The predicted molar refractivity (Wildman–Crippen MR) is 82.4 cm³/mol. The summed E-state index contributed by atoms with van der Waals surface area (Å²) in [5.41, 5.74) is -1.32. The van der Waals surface area contributed by atoms with E-state index in [0.717, 1.165) is 25.5 Å². The normalized spacial score (nSPS) is 24.5. The minimum atomic E-state index is -2.14. The molecular formula is C17H20F2N2O3. The van der Waals surface area contributed by atoms with E-state index in [2.05, 4.69) is 10.1 Å². The van der Waals surface area contributed by atoms with Gasteiger partial charge in [0.2, 0.25) is 5.67 Å². The van der Waals surface area contributed by atoms with Gasteiger partial charge in [0.05, 0.1) is 19.7 Å². The van der Waals surface area contributed by atoms with Crippen LogP contribution in [0.2, 0.25) is 0 Å². The van der Waals surface area contributed by atoms with Crippen LogP contribution >= 0.6 is 0 Å². The minimum Gasteiger partial charge on any atom is -0.467 e. The van der Waals surface area contributed by atoms with E-state index in [-0.39, 0.29) is 31.4 Å². The van der Waals surface area contributed by atoms with E-state index in [9.17, 15) is 18.4 Å². The zero-order valence-electron chi connectivity index (χ0n) is 13.4. The first-order valence-corrected chi connectivity index (χ1v) is 8.01. The number of ether oxygens (including phenoxy) is 1. The standard InChI is InChI=1S/C17H20F2N2O3/c1-24-15(22)17(19)8-9-21(10-17)16(23)20-14(11-2-3-11)12-4-6-13(18)7-5-12/h4-7,11,14H,2-3,8-10H2,1H3,(H,20,23)/t14-,17-/m0/s1. The second kappa shape index (κ2) is 6.37.